The number of anilines is 1. The molecule has 0 saturated carbocycles. The molecule has 0 aliphatic heterocycles. The van der Waals surface area contributed by atoms with Crippen LogP contribution in [-0.2, 0) is 21.1 Å². The minimum atomic E-state index is -3.58. The highest BCUT2D eigenvalue weighted by molar-refractivity contribution is 7.90. The number of nitrogens with one attached hydrogen (secondary N) is 2. The Labute approximate surface area is 196 Å². The third kappa shape index (κ3) is 5.79. The number of aryl methyl sites for hydroxylation is 2. The first-order valence-electron chi connectivity index (χ1n) is 10.5. The molecule has 3 aromatic rings. The predicted molar refractivity (Wildman–Crippen MR) is 128 cm³/mol. The molecule has 180 valence electrons. The molecule has 0 spiro atoms. The first kappa shape index (κ1) is 24.9. The number of amides is 1. The van der Waals surface area contributed by atoms with Crippen molar-refractivity contribution < 1.29 is 22.6 Å². The number of benzene rings is 2. The van der Waals surface area contributed by atoms with Crippen molar-refractivity contribution in [2.45, 2.75) is 31.6 Å². The summed E-state index contributed by atoms with van der Waals surface area (Å²) < 4.78 is 28.6. The summed E-state index contributed by atoms with van der Waals surface area (Å²) in [7, 11) is -3.58. The lowest BCUT2D eigenvalue weighted by molar-refractivity contribution is -0.384. The van der Waals surface area contributed by atoms with Gasteiger partial charge in [-0.05, 0) is 49.6 Å². The molecule has 34 heavy (non-hydrogen) atoms. The quantitative estimate of drug-likeness (QED) is 0.203. The van der Waals surface area contributed by atoms with Crippen LogP contribution in [-0.4, -0.2) is 38.6 Å². The van der Waals surface area contributed by atoms with E-state index in [1.54, 1.807) is 6.07 Å². The summed E-state index contributed by atoms with van der Waals surface area (Å²) in [5.41, 5.74) is 2.04. The van der Waals surface area contributed by atoms with Crippen LogP contribution >= 0.6 is 0 Å². The highest BCUT2D eigenvalue weighted by Crippen LogP contribution is 2.27. The van der Waals surface area contributed by atoms with E-state index in [-0.39, 0.29) is 48.1 Å². The van der Waals surface area contributed by atoms with Crippen LogP contribution in [0.3, 0.4) is 0 Å². The number of hydrogen-bond acceptors (Lipinski definition) is 8. The number of rotatable bonds is 9. The van der Waals surface area contributed by atoms with Gasteiger partial charge in [-0.3, -0.25) is 14.9 Å². The molecule has 0 unspecified atom stereocenters. The number of carbonyl (C=O) groups excluding carboxylic acids is 1. The maximum atomic E-state index is 12.4. The van der Waals surface area contributed by atoms with Gasteiger partial charge in [-0.25, -0.2) is 13.2 Å². The Bertz CT molecular complexity index is 1430. The van der Waals surface area contributed by atoms with Gasteiger partial charge in [0.25, 0.3) is 5.69 Å². The second-order valence-corrected chi connectivity index (χ2v) is 9.99. The Morgan fingerprint density at radius 2 is 1.85 bits per heavy atom. The number of carbonyl (C=O) groups is 1. The van der Waals surface area contributed by atoms with Gasteiger partial charge in [0.2, 0.25) is 5.91 Å². The van der Waals surface area contributed by atoms with E-state index < -0.39 is 20.4 Å². The predicted octanol–water partition coefficient (Wildman–Crippen LogP) is 2.88. The fraction of sp³-hybridized carbons (Fsp3) is 0.304. The van der Waals surface area contributed by atoms with Crippen LogP contribution < -0.4 is 16.3 Å². The molecule has 0 aliphatic rings. The van der Waals surface area contributed by atoms with Gasteiger partial charge in [-0.1, -0.05) is 12.1 Å². The monoisotopic (exact) mass is 487 g/mol. The third-order valence-corrected chi connectivity index (χ3v) is 6.51. The van der Waals surface area contributed by atoms with E-state index >= 15 is 0 Å². The first-order chi connectivity index (χ1) is 16.0. The van der Waals surface area contributed by atoms with E-state index in [2.05, 4.69) is 10.6 Å². The van der Waals surface area contributed by atoms with Crippen LogP contribution in [0.15, 0.2) is 50.5 Å². The molecule has 1 amide bonds. The molecule has 2 N–H and O–H groups in total. The maximum Gasteiger partial charge on any atom is 0.339 e. The molecule has 0 radical (unpaired) electrons. The summed E-state index contributed by atoms with van der Waals surface area (Å²) >= 11 is 0. The topological polar surface area (TPSA) is 149 Å². The van der Waals surface area contributed by atoms with E-state index in [1.165, 1.54) is 12.1 Å². The summed E-state index contributed by atoms with van der Waals surface area (Å²) in [5, 5.41) is 17.6. The van der Waals surface area contributed by atoms with E-state index in [9.17, 15) is 28.1 Å². The average Bonchev–Trinajstić information content (AvgIpc) is 2.75. The van der Waals surface area contributed by atoms with Crippen molar-refractivity contribution in [1.29, 1.82) is 0 Å². The Hall–Kier alpha value is -3.73. The number of nitrogens with zero attached hydrogens (tertiary/aromatic N) is 1. The fourth-order valence-electron chi connectivity index (χ4n) is 3.56. The van der Waals surface area contributed by atoms with Gasteiger partial charge < -0.3 is 15.1 Å². The SMILES string of the molecule is Cc1ccc2c(C)c(CCC(=O)NCCNc3ccc(S(C)(=O)=O)cc3[N+](=O)[O-])c(=O)oc2c1. The highest BCUT2D eigenvalue weighted by atomic mass is 32.2. The number of fused-ring (bicyclic) bond motifs is 1. The van der Waals surface area contributed by atoms with Gasteiger partial charge >= 0.3 is 5.63 Å². The van der Waals surface area contributed by atoms with Crippen LogP contribution in [0.4, 0.5) is 11.4 Å². The normalized spacial score (nSPS) is 11.4. The zero-order valence-electron chi connectivity index (χ0n) is 19.0. The molecule has 11 heteroatoms. The van der Waals surface area contributed by atoms with Gasteiger partial charge in [0.05, 0.1) is 9.82 Å². The molecule has 3 rings (SSSR count). The Balaban J connectivity index is 1.56. The van der Waals surface area contributed by atoms with E-state index in [0.717, 1.165) is 28.8 Å². The largest absolute Gasteiger partial charge is 0.423 e. The van der Waals surface area contributed by atoms with E-state index in [1.807, 2.05) is 26.0 Å². The van der Waals surface area contributed by atoms with Crippen molar-refractivity contribution in [1.82, 2.24) is 5.32 Å². The molecular weight excluding hydrogens is 462 g/mol. The molecule has 0 bridgehead atoms. The average molecular weight is 488 g/mol. The summed E-state index contributed by atoms with van der Waals surface area (Å²) in [4.78, 5) is 35.1. The fourth-order valence-corrected chi connectivity index (χ4v) is 4.20. The maximum absolute atomic E-state index is 12.4. The van der Waals surface area contributed by atoms with Crippen molar-refractivity contribution in [3.63, 3.8) is 0 Å². The van der Waals surface area contributed by atoms with Crippen LogP contribution in [0, 0.1) is 24.0 Å². The molecule has 2 aromatic carbocycles. The van der Waals surface area contributed by atoms with Gasteiger partial charge in [0.15, 0.2) is 9.84 Å². The van der Waals surface area contributed by atoms with Crippen LogP contribution in [0.2, 0.25) is 0 Å². The standard InChI is InChI=1S/C23H25N3O7S/c1-14-4-6-17-15(2)18(23(28)33-21(17)12-14)7-9-22(27)25-11-10-24-19-8-5-16(34(3,31)32)13-20(19)26(29)30/h4-6,8,12-13,24H,7,9-11H2,1-3H3,(H,25,27). The summed E-state index contributed by atoms with van der Waals surface area (Å²) in [6, 6.07) is 9.21. The molecule has 0 saturated heterocycles. The Morgan fingerprint density at radius 1 is 1.12 bits per heavy atom. The smallest absolute Gasteiger partial charge is 0.339 e. The molecule has 0 fully saturated rings. The summed E-state index contributed by atoms with van der Waals surface area (Å²) in [6.45, 7) is 4.09. The van der Waals surface area contributed by atoms with Crippen LogP contribution in [0.5, 0.6) is 0 Å². The molecule has 0 aliphatic carbocycles. The lowest BCUT2D eigenvalue weighted by atomic mass is 10.0. The van der Waals surface area contributed by atoms with E-state index in [0.29, 0.717) is 11.1 Å². The van der Waals surface area contributed by atoms with Crippen LogP contribution in [0.1, 0.15) is 23.1 Å². The zero-order chi connectivity index (χ0) is 25.0. The van der Waals surface area contributed by atoms with Crippen LogP contribution in [0.25, 0.3) is 11.0 Å². The second kappa shape index (κ2) is 10.0. The van der Waals surface area contributed by atoms with Gasteiger partial charge in [0.1, 0.15) is 11.3 Å². The molecule has 10 nitrogen and oxygen atoms in total. The Kier molecular flexibility index (Phi) is 7.35. The molecular formula is C23H25N3O7S. The van der Waals surface area contributed by atoms with Gasteiger partial charge in [0, 0.05) is 42.8 Å². The van der Waals surface area contributed by atoms with Crippen molar-refractivity contribution in [3.05, 3.63) is 73.6 Å². The van der Waals surface area contributed by atoms with Gasteiger partial charge in [-0.15, -0.1) is 0 Å². The zero-order valence-corrected chi connectivity index (χ0v) is 19.8. The van der Waals surface area contributed by atoms with E-state index in [4.69, 9.17) is 4.42 Å². The molecule has 0 atom stereocenters. The van der Waals surface area contributed by atoms with Gasteiger partial charge in [-0.2, -0.15) is 0 Å². The third-order valence-electron chi connectivity index (χ3n) is 5.40. The molecule has 1 aromatic heterocycles. The first-order valence-corrected chi connectivity index (χ1v) is 12.4. The van der Waals surface area contributed by atoms with Crippen molar-refractivity contribution >= 4 is 38.1 Å². The lowest BCUT2D eigenvalue weighted by Crippen LogP contribution is -2.29. The lowest BCUT2D eigenvalue weighted by Gasteiger charge is -2.10. The Morgan fingerprint density at radius 3 is 2.53 bits per heavy atom. The summed E-state index contributed by atoms with van der Waals surface area (Å²) in [5.74, 6) is -0.286. The number of nitro groups is 1. The number of hydrogen-bond donors (Lipinski definition) is 2. The minimum absolute atomic E-state index is 0.0756. The molecule has 1 heterocycles. The van der Waals surface area contributed by atoms with Crippen molar-refractivity contribution in [2.24, 2.45) is 0 Å². The highest BCUT2D eigenvalue weighted by Gasteiger charge is 2.18. The summed E-state index contributed by atoms with van der Waals surface area (Å²) in [6.07, 6.45) is 1.26. The minimum Gasteiger partial charge on any atom is -0.423 e. The van der Waals surface area contributed by atoms with Crippen molar-refractivity contribution in [3.8, 4) is 0 Å². The second-order valence-electron chi connectivity index (χ2n) is 7.98. The number of sulfone groups is 1. The van der Waals surface area contributed by atoms with Crippen molar-refractivity contribution in [2.75, 3.05) is 24.7 Å². The number of nitro benzene ring substituents is 1.